The summed E-state index contributed by atoms with van der Waals surface area (Å²) >= 11 is 0. The number of H-pyrrole nitrogens is 1. The molecule has 3 unspecified atom stereocenters. The summed E-state index contributed by atoms with van der Waals surface area (Å²) in [5.74, 6) is 2.06. The van der Waals surface area contributed by atoms with Gasteiger partial charge in [-0.3, -0.25) is 18.9 Å². The van der Waals surface area contributed by atoms with Gasteiger partial charge in [-0.2, -0.15) is 8.62 Å². The Labute approximate surface area is 184 Å². The average molecular weight is 535 g/mol. The largest absolute Gasteiger partial charge is 0.490 e. The Kier molecular flexibility index (Phi) is 7.82. The van der Waals surface area contributed by atoms with E-state index in [1.165, 1.54) is 6.92 Å². The van der Waals surface area contributed by atoms with Crippen LogP contribution < -0.4 is 17.0 Å². The molecular weight excluding hydrogens is 515 g/mol. The molecule has 2 heterocycles. The van der Waals surface area contributed by atoms with E-state index < -0.39 is 64.8 Å². The van der Waals surface area contributed by atoms with Crippen LogP contribution in [-0.4, -0.2) is 58.1 Å². The van der Waals surface area contributed by atoms with Crippen molar-refractivity contribution >= 4 is 23.5 Å². The molecule has 20 heteroatoms. The van der Waals surface area contributed by atoms with Gasteiger partial charge in [-0.15, -0.1) is 6.42 Å². The van der Waals surface area contributed by atoms with E-state index in [1.54, 1.807) is 0 Å². The number of nitrogens with two attached hydrogens (primary N) is 1. The molecule has 0 saturated carbocycles. The second-order valence-electron chi connectivity index (χ2n) is 6.83. The molecule has 1 saturated heterocycles. The van der Waals surface area contributed by atoms with Crippen LogP contribution in [0, 0.1) is 19.3 Å². The van der Waals surface area contributed by atoms with E-state index in [1.807, 2.05) is 4.98 Å². The summed E-state index contributed by atoms with van der Waals surface area (Å²) in [6.07, 6.45) is -1.41. The third-order valence-electron chi connectivity index (χ3n) is 4.33. The van der Waals surface area contributed by atoms with Crippen molar-refractivity contribution in [2.45, 2.75) is 43.9 Å². The standard InChI is InChI=1S/C13H20N3O14P3/c1-4-13(14)10(18)9(27-11(13)16-6(2)5-8(17)15-12(16)19)7(3)28-32(23,24)30-33(25,26)29-31(20,21)22/h1,5,7,9-11,18H,14H2,2-3H3,(H,23,24)(H,25,26)(H,15,17,19)(H2,20,21,22)/t7-,9+,10-,11+,13?/m0/s1. The van der Waals surface area contributed by atoms with Crippen molar-refractivity contribution in [3.63, 3.8) is 0 Å². The van der Waals surface area contributed by atoms with Gasteiger partial charge in [0, 0.05) is 11.8 Å². The number of hydrogen-bond acceptors (Lipinski definition) is 11. The van der Waals surface area contributed by atoms with E-state index in [-0.39, 0.29) is 5.69 Å². The van der Waals surface area contributed by atoms with Gasteiger partial charge >= 0.3 is 29.2 Å². The third kappa shape index (κ3) is 6.36. The maximum Gasteiger partial charge on any atom is 0.490 e. The van der Waals surface area contributed by atoms with Crippen LogP contribution in [0.4, 0.5) is 0 Å². The topological polar surface area (TPSA) is 270 Å². The Balaban J connectivity index is 2.33. The van der Waals surface area contributed by atoms with Gasteiger partial charge in [0.05, 0.1) is 6.10 Å². The predicted molar refractivity (Wildman–Crippen MR) is 106 cm³/mol. The normalized spacial score (nSPS) is 30.2. The number of nitrogens with one attached hydrogen (secondary N) is 1. The second kappa shape index (κ2) is 9.29. The Morgan fingerprint density at radius 2 is 1.82 bits per heavy atom. The zero-order valence-corrected chi connectivity index (χ0v) is 19.4. The van der Waals surface area contributed by atoms with Crippen LogP contribution >= 0.6 is 23.5 Å². The first-order valence-corrected chi connectivity index (χ1v) is 13.1. The minimum Gasteiger partial charge on any atom is -0.387 e. The first kappa shape index (κ1) is 27.8. The average Bonchev–Trinajstić information content (AvgIpc) is 2.83. The predicted octanol–water partition coefficient (Wildman–Crippen LogP) is -1.83. The van der Waals surface area contributed by atoms with Crippen LogP contribution in [0.5, 0.6) is 0 Å². The molecule has 0 amide bonds. The highest BCUT2D eigenvalue weighted by Crippen LogP contribution is 2.66. The molecule has 7 atom stereocenters. The van der Waals surface area contributed by atoms with E-state index >= 15 is 0 Å². The molecule has 1 aromatic heterocycles. The van der Waals surface area contributed by atoms with Crippen LogP contribution in [0.15, 0.2) is 15.7 Å². The number of aliphatic hydroxyl groups is 1. The number of rotatable bonds is 8. The number of nitrogens with zero attached hydrogens (tertiary/aromatic N) is 1. The van der Waals surface area contributed by atoms with Gasteiger partial charge in [-0.25, -0.2) is 18.5 Å². The second-order valence-corrected chi connectivity index (χ2v) is 11.2. The summed E-state index contributed by atoms with van der Waals surface area (Å²) in [4.78, 5) is 61.7. The van der Waals surface area contributed by atoms with Crippen molar-refractivity contribution in [2.24, 2.45) is 5.73 Å². The van der Waals surface area contributed by atoms with E-state index in [9.17, 15) is 38.2 Å². The lowest BCUT2D eigenvalue weighted by Gasteiger charge is -2.29. The van der Waals surface area contributed by atoms with E-state index in [4.69, 9.17) is 26.7 Å². The van der Waals surface area contributed by atoms with Gasteiger partial charge in [-0.05, 0) is 13.8 Å². The summed E-state index contributed by atoms with van der Waals surface area (Å²) < 4.78 is 52.4. The Morgan fingerprint density at radius 1 is 1.24 bits per heavy atom. The molecule has 0 aromatic carbocycles. The van der Waals surface area contributed by atoms with Crippen molar-refractivity contribution in [1.82, 2.24) is 9.55 Å². The third-order valence-corrected chi connectivity index (χ3v) is 8.25. The fourth-order valence-corrected chi connectivity index (χ4v) is 6.23. The zero-order valence-electron chi connectivity index (χ0n) is 16.7. The maximum absolute atomic E-state index is 12.3. The minimum atomic E-state index is -5.79. The molecule has 33 heavy (non-hydrogen) atoms. The highest BCUT2D eigenvalue weighted by Gasteiger charge is 2.57. The summed E-state index contributed by atoms with van der Waals surface area (Å²) in [5, 5.41) is 10.6. The molecule has 17 nitrogen and oxygen atoms in total. The zero-order chi connectivity index (χ0) is 25.6. The number of phosphoric acid groups is 3. The smallest absolute Gasteiger partial charge is 0.387 e. The van der Waals surface area contributed by atoms with Gasteiger partial charge in [0.1, 0.15) is 12.2 Å². The van der Waals surface area contributed by atoms with Gasteiger partial charge in [0.25, 0.3) is 5.56 Å². The molecule has 0 aliphatic carbocycles. The molecule has 1 fully saturated rings. The monoisotopic (exact) mass is 535 g/mol. The van der Waals surface area contributed by atoms with Crippen LogP contribution in [-0.2, 0) is 31.6 Å². The quantitative estimate of drug-likeness (QED) is 0.142. The molecule has 0 radical (unpaired) electrons. The first-order chi connectivity index (χ1) is 14.8. The number of terminal acetylenes is 1. The first-order valence-electron chi connectivity index (χ1n) is 8.57. The Hall–Kier alpha value is -1.47. The van der Waals surface area contributed by atoms with Crippen molar-refractivity contribution in [1.29, 1.82) is 0 Å². The number of hydrogen-bond donors (Lipinski definition) is 7. The summed E-state index contributed by atoms with van der Waals surface area (Å²) in [5.41, 5.74) is 2.21. The fraction of sp³-hybridized carbons (Fsp3) is 0.538. The van der Waals surface area contributed by atoms with E-state index in [2.05, 4.69) is 19.1 Å². The Bertz CT molecular complexity index is 1220. The van der Waals surface area contributed by atoms with Crippen LogP contribution in [0.1, 0.15) is 18.8 Å². The lowest BCUT2D eigenvalue weighted by molar-refractivity contribution is -0.0760. The molecule has 8 N–H and O–H groups in total. The van der Waals surface area contributed by atoms with Crippen LogP contribution in [0.25, 0.3) is 0 Å². The summed E-state index contributed by atoms with van der Waals surface area (Å²) in [7, 11) is -17.0. The number of aryl methyl sites for hydroxylation is 1. The van der Waals surface area contributed by atoms with Crippen LogP contribution in [0.2, 0.25) is 0 Å². The highest BCUT2D eigenvalue weighted by molar-refractivity contribution is 7.66. The number of aromatic amines is 1. The molecule has 1 aliphatic rings. The maximum atomic E-state index is 12.3. The molecule has 1 aliphatic heterocycles. The van der Waals surface area contributed by atoms with E-state index in [0.717, 1.165) is 17.6 Å². The molecular formula is C13H20N3O14P3. The molecule has 2 rings (SSSR count). The van der Waals surface area contributed by atoms with Crippen molar-refractivity contribution in [2.75, 3.05) is 0 Å². The molecule has 0 spiro atoms. The minimum absolute atomic E-state index is 0.0345. The fourth-order valence-electron chi connectivity index (χ4n) is 3.03. The van der Waals surface area contributed by atoms with Gasteiger partial charge in [0.15, 0.2) is 11.8 Å². The lowest BCUT2D eigenvalue weighted by atomic mass is 9.90. The molecule has 0 bridgehead atoms. The Morgan fingerprint density at radius 3 is 2.30 bits per heavy atom. The number of aromatic nitrogens is 2. The molecule has 186 valence electrons. The number of aliphatic hydroxyl groups excluding tert-OH is 1. The van der Waals surface area contributed by atoms with Gasteiger partial charge < -0.3 is 35.2 Å². The number of ether oxygens (including phenoxy) is 1. The molecule has 1 aromatic rings. The lowest BCUT2D eigenvalue weighted by Crippen LogP contribution is -2.56. The van der Waals surface area contributed by atoms with Crippen molar-refractivity contribution < 1.29 is 56.3 Å². The SMILES string of the molecule is C#CC1(N)[C@@H](O)[C@@H]([C@H](C)OP(=O)(O)OP(=O)(O)OP(=O)(O)O)O[C@H]1n1c(C)cc(=O)[nH]c1=O. The van der Waals surface area contributed by atoms with Crippen molar-refractivity contribution in [3.8, 4) is 12.3 Å². The summed E-state index contributed by atoms with van der Waals surface area (Å²) in [6.45, 7) is 2.36. The summed E-state index contributed by atoms with van der Waals surface area (Å²) in [6, 6.07) is 1.01. The van der Waals surface area contributed by atoms with Gasteiger partial charge in [0.2, 0.25) is 0 Å². The number of phosphoric ester groups is 1. The highest BCUT2D eigenvalue weighted by atomic mass is 31.3. The van der Waals surface area contributed by atoms with Crippen molar-refractivity contribution in [3.05, 3.63) is 32.6 Å². The van der Waals surface area contributed by atoms with Crippen LogP contribution in [0.3, 0.4) is 0 Å². The van der Waals surface area contributed by atoms with E-state index in [0.29, 0.717) is 0 Å². The van der Waals surface area contributed by atoms with Gasteiger partial charge in [-0.1, -0.05) is 5.92 Å².